The minimum absolute atomic E-state index is 0.308. The smallest absolute Gasteiger partial charge is 0.322 e. The number of sulfonamides is 1. The van der Waals surface area contributed by atoms with Gasteiger partial charge in [0.25, 0.3) is 0 Å². The van der Waals surface area contributed by atoms with Crippen LogP contribution in [-0.4, -0.2) is 54.3 Å². The van der Waals surface area contributed by atoms with E-state index in [1.54, 1.807) is 6.92 Å². The predicted octanol–water partition coefficient (Wildman–Crippen LogP) is 0.0426. The molecule has 98 valence electrons. The lowest BCUT2D eigenvalue weighted by atomic mass is 10.2. The molecule has 2 unspecified atom stereocenters. The average Bonchev–Trinajstić information content (AvgIpc) is 2.84. The van der Waals surface area contributed by atoms with Crippen molar-refractivity contribution in [1.29, 1.82) is 0 Å². The molecule has 0 amide bonds. The van der Waals surface area contributed by atoms with Gasteiger partial charge in [-0.1, -0.05) is 0 Å². The maximum absolute atomic E-state index is 12.3. The van der Waals surface area contributed by atoms with E-state index in [0.29, 0.717) is 32.4 Å². The van der Waals surface area contributed by atoms with E-state index in [1.165, 1.54) is 0 Å². The van der Waals surface area contributed by atoms with Crippen molar-refractivity contribution >= 4 is 16.0 Å². The fourth-order valence-electron chi connectivity index (χ4n) is 2.57. The number of hydrogen-bond acceptors (Lipinski definition) is 4. The number of rotatable bonds is 3. The second-order valence-corrected chi connectivity index (χ2v) is 6.66. The van der Waals surface area contributed by atoms with Crippen LogP contribution >= 0.6 is 0 Å². The van der Waals surface area contributed by atoms with Crippen LogP contribution in [0.15, 0.2) is 0 Å². The van der Waals surface area contributed by atoms with Crippen molar-refractivity contribution < 1.29 is 23.1 Å². The summed E-state index contributed by atoms with van der Waals surface area (Å²) >= 11 is 0. The molecule has 2 aliphatic rings. The Hall–Kier alpha value is -0.660. The summed E-state index contributed by atoms with van der Waals surface area (Å²) in [6, 6.07) is -0.896. The number of carboxylic acid groups (broad SMARTS) is 1. The molecule has 17 heavy (non-hydrogen) atoms. The second kappa shape index (κ2) is 4.55. The Balaban J connectivity index is 2.23. The van der Waals surface area contributed by atoms with Gasteiger partial charge in [-0.15, -0.1) is 0 Å². The lowest BCUT2D eigenvalue weighted by molar-refractivity contribution is -0.140. The van der Waals surface area contributed by atoms with Crippen LogP contribution in [-0.2, 0) is 19.6 Å². The van der Waals surface area contributed by atoms with Gasteiger partial charge in [-0.25, -0.2) is 8.42 Å². The van der Waals surface area contributed by atoms with E-state index in [0.717, 1.165) is 4.31 Å². The van der Waals surface area contributed by atoms with Crippen LogP contribution in [0.3, 0.4) is 0 Å². The van der Waals surface area contributed by atoms with Gasteiger partial charge >= 0.3 is 5.97 Å². The van der Waals surface area contributed by atoms with Gasteiger partial charge in [-0.2, -0.15) is 4.31 Å². The van der Waals surface area contributed by atoms with E-state index in [-0.39, 0.29) is 6.10 Å². The van der Waals surface area contributed by atoms with E-state index in [2.05, 4.69) is 0 Å². The average molecular weight is 263 g/mol. The van der Waals surface area contributed by atoms with Gasteiger partial charge in [0.05, 0.1) is 6.10 Å². The summed E-state index contributed by atoms with van der Waals surface area (Å²) in [5.74, 6) is -1.06. The van der Waals surface area contributed by atoms with Crippen LogP contribution in [0, 0.1) is 0 Å². The summed E-state index contributed by atoms with van der Waals surface area (Å²) in [7, 11) is -3.55. The Bertz CT molecular complexity index is 407. The summed E-state index contributed by atoms with van der Waals surface area (Å²) in [4.78, 5) is 11.0. The molecule has 2 heterocycles. The zero-order valence-corrected chi connectivity index (χ0v) is 10.5. The number of aliphatic carboxylic acids is 1. The summed E-state index contributed by atoms with van der Waals surface area (Å²) < 4.78 is 31.1. The van der Waals surface area contributed by atoms with Gasteiger partial charge in [-0.3, -0.25) is 4.79 Å². The maximum atomic E-state index is 12.3. The number of carbonyl (C=O) groups is 1. The molecule has 2 aliphatic heterocycles. The van der Waals surface area contributed by atoms with Crippen molar-refractivity contribution in [2.24, 2.45) is 0 Å². The van der Waals surface area contributed by atoms with Crippen molar-refractivity contribution in [3.05, 3.63) is 0 Å². The topological polar surface area (TPSA) is 83.9 Å². The predicted molar refractivity (Wildman–Crippen MR) is 60.1 cm³/mol. The lowest BCUT2D eigenvalue weighted by Crippen LogP contribution is -2.46. The van der Waals surface area contributed by atoms with Crippen molar-refractivity contribution in [3.8, 4) is 0 Å². The minimum atomic E-state index is -3.55. The first-order valence-electron chi connectivity index (χ1n) is 5.79. The summed E-state index contributed by atoms with van der Waals surface area (Å²) in [5, 5.41) is 8.42. The third kappa shape index (κ3) is 2.19. The van der Waals surface area contributed by atoms with Crippen LogP contribution < -0.4 is 0 Å². The van der Waals surface area contributed by atoms with Gasteiger partial charge in [0.2, 0.25) is 10.0 Å². The molecule has 0 aromatic carbocycles. The number of ether oxygens (including phenoxy) is 1. The van der Waals surface area contributed by atoms with Crippen LogP contribution in [0.2, 0.25) is 0 Å². The van der Waals surface area contributed by atoms with Crippen LogP contribution in [0.25, 0.3) is 0 Å². The van der Waals surface area contributed by atoms with E-state index in [1.807, 2.05) is 0 Å². The molecule has 2 saturated heterocycles. The highest BCUT2D eigenvalue weighted by Gasteiger charge is 2.45. The van der Waals surface area contributed by atoms with Gasteiger partial charge < -0.3 is 9.84 Å². The minimum Gasteiger partial charge on any atom is -0.480 e. The van der Waals surface area contributed by atoms with Gasteiger partial charge in [0.15, 0.2) is 0 Å². The molecule has 3 atom stereocenters. The molecule has 0 aromatic rings. The third-order valence-corrected chi connectivity index (χ3v) is 5.98. The molecule has 0 radical (unpaired) electrons. The Kier molecular flexibility index (Phi) is 3.42. The van der Waals surface area contributed by atoms with Crippen LogP contribution in [0.1, 0.15) is 26.2 Å². The maximum Gasteiger partial charge on any atom is 0.322 e. The fraction of sp³-hybridized carbons (Fsp3) is 0.900. The zero-order valence-electron chi connectivity index (χ0n) is 9.70. The standard InChI is InChI=1S/C10H17NO5S/c1-7-9(4-6-16-7)17(14,15)11-5-2-3-8(11)10(12)13/h7-9H,2-6H2,1H3,(H,12,13)/t7?,8-,9?/m0/s1. The zero-order chi connectivity index (χ0) is 12.6. The van der Waals surface area contributed by atoms with Crippen molar-refractivity contribution in [1.82, 2.24) is 4.31 Å². The molecular formula is C10H17NO5S. The molecule has 2 rings (SSSR count). The van der Waals surface area contributed by atoms with E-state index < -0.39 is 27.3 Å². The number of nitrogens with zero attached hydrogens (tertiary/aromatic N) is 1. The van der Waals surface area contributed by atoms with E-state index in [9.17, 15) is 13.2 Å². The van der Waals surface area contributed by atoms with Gasteiger partial charge in [0, 0.05) is 13.2 Å². The Labute approximate surface area is 101 Å². The molecular weight excluding hydrogens is 246 g/mol. The molecule has 6 nitrogen and oxygen atoms in total. The molecule has 2 fully saturated rings. The largest absolute Gasteiger partial charge is 0.480 e. The molecule has 0 aliphatic carbocycles. The van der Waals surface area contributed by atoms with Crippen molar-refractivity contribution in [3.63, 3.8) is 0 Å². The molecule has 0 bridgehead atoms. The number of hydrogen-bond donors (Lipinski definition) is 1. The highest BCUT2D eigenvalue weighted by atomic mass is 32.2. The first-order chi connectivity index (χ1) is 7.94. The van der Waals surface area contributed by atoms with Crippen molar-refractivity contribution in [2.45, 2.75) is 43.6 Å². The quantitative estimate of drug-likeness (QED) is 0.777. The van der Waals surface area contributed by atoms with Gasteiger partial charge in [-0.05, 0) is 26.2 Å². The van der Waals surface area contributed by atoms with Crippen molar-refractivity contribution in [2.75, 3.05) is 13.2 Å². The van der Waals surface area contributed by atoms with E-state index in [4.69, 9.17) is 9.84 Å². The highest BCUT2D eigenvalue weighted by molar-refractivity contribution is 7.89. The first-order valence-corrected chi connectivity index (χ1v) is 7.30. The molecule has 7 heteroatoms. The summed E-state index contributed by atoms with van der Waals surface area (Å²) in [6.45, 7) is 2.46. The van der Waals surface area contributed by atoms with Gasteiger partial charge in [0.1, 0.15) is 11.3 Å². The monoisotopic (exact) mass is 263 g/mol. The van der Waals surface area contributed by atoms with Crippen LogP contribution in [0.4, 0.5) is 0 Å². The van der Waals surface area contributed by atoms with Crippen LogP contribution in [0.5, 0.6) is 0 Å². The SMILES string of the molecule is CC1OCCC1S(=O)(=O)N1CCC[C@H]1C(=O)O. The molecule has 0 saturated carbocycles. The Morgan fingerprint density at radius 2 is 2.12 bits per heavy atom. The second-order valence-electron chi connectivity index (χ2n) is 4.55. The molecule has 1 N–H and O–H groups in total. The van der Waals surface area contributed by atoms with E-state index >= 15 is 0 Å². The first kappa shape index (κ1) is 12.8. The third-order valence-electron chi connectivity index (χ3n) is 3.50. The molecule has 0 spiro atoms. The Morgan fingerprint density at radius 3 is 2.65 bits per heavy atom. The normalized spacial score (nSPS) is 35.2. The lowest BCUT2D eigenvalue weighted by Gasteiger charge is -2.25. The fourth-order valence-corrected chi connectivity index (χ4v) is 4.81. The Morgan fingerprint density at radius 1 is 1.41 bits per heavy atom. The summed E-state index contributed by atoms with van der Waals surface area (Å²) in [5.41, 5.74) is 0. The summed E-state index contributed by atoms with van der Waals surface area (Å²) in [6.07, 6.45) is 1.11. The number of carboxylic acids is 1. The molecule has 0 aromatic heterocycles. The highest BCUT2D eigenvalue weighted by Crippen LogP contribution is 2.29.